The maximum atomic E-state index is 12.3. The molecule has 1 amide bonds. The molecule has 6 nitrogen and oxygen atoms in total. The lowest BCUT2D eigenvalue weighted by molar-refractivity contribution is 0.0951. The monoisotopic (exact) mass is 391 g/mol. The van der Waals surface area contributed by atoms with Gasteiger partial charge < -0.3 is 20.5 Å². The van der Waals surface area contributed by atoms with Crippen LogP contribution >= 0.6 is 0 Å². The number of nitrogen functional groups attached to an aromatic ring is 1. The van der Waals surface area contributed by atoms with Crippen LogP contribution in [0.4, 0.5) is 5.82 Å². The second-order valence-electron chi connectivity index (χ2n) is 6.63. The average Bonchev–Trinajstić information content (AvgIpc) is 2.72. The number of nitrogens with two attached hydrogens (primary N) is 1. The van der Waals surface area contributed by atoms with Gasteiger partial charge >= 0.3 is 0 Å². The fraction of sp³-hybridized carbons (Fsp3) is 0.217. The number of hydrogen-bond acceptors (Lipinski definition) is 5. The summed E-state index contributed by atoms with van der Waals surface area (Å²) in [5, 5.41) is 2.85. The Kier molecular flexibility index (Phi) is 6.68. The first-order valence-corrected chi connectivity index (χ1v) is 9.56. The Balaban J connectivity index is 1.54. The van der Waals surface area contributed by atoms with E-state index in [-0.39, 0.29) is 11.7 Å². The predicted molar refractivity (Wildman–Crippen MR) is 113 cm³/mol. The van der Waals surface area contributed by atoms with Crippen molar-refractivity contribution in [2.45, 2.75) is 26.8 Å². The van der Waals surface area contributed by atoms with Crippen LogP contribution in [0, 0.1) is 6.92 Å². The first kappa shape index (κ1) is 20.2. The van der Waals surface area contributed by atoms with Crippen molar-refractivity contribution in [3.63, 3.8) is 0 Å². The molecule has 3 N–H and O–H groups in total. The molecular formula is C23H25N3O3. The fourth-order valence-corrected chi connectivity index (χ4v) is 2.68. The van der Waals surface area contributed by atoms with Gasteiger partial charge in [0, 0.05) is 12.2 Å². The largest absolute Gasteiger partial charge is 0.494 e. The van der Waals surface area contributed by atoms with Crippen molar-refractivity contribution >= 4 is 11.7 Å². The fourth-order valence-electron chi connectivity index (χ4n) is 2.68. The van der Waals surface area contributed by atoms with Crippen LogP contribution in [-0.2, 0) is 6.54 Å². The van der Waals surface area contributed by atoms with E-state index in [1.807, 2.05) is 55.5 Å². The van der Waals surface area contributed by atoms with Crippen LogP contribution in [0.25, 0.3) is 0 Å². The Morgan fingerprint density at radius 1 is 0.966 bits per heavy atom. The molecular weight excluding hydrogens is 366 g/mol. The van der Waals surface area contributed by atoms with Gasteiger partial charge in [0.25, 0.3) is 5.91 Å². The first-order valence-electron chi connectivity index (χ1n) is 9.56. The number of carbonyl (C=O) groups excluding carboxylic acids is 1. The minimum atomic E-state index is -0.249. The van der Waals surface area contributed by atoms with Crippen molar-refractivity contribution in [2.75, 3.05) is 12.3 Å². The standard InChI is InChI=1S/C23H25N3O3/c1-3-14-28-18-9-11-20(12-10-18)29-19-7-5-17(6-8-19)15-25-23(27)21-13-4-16(2)26-22(21)24/h4-13H,3,14-15H2,1-2H3,(H2,24,26)(H,25,27). The van der Waals surface area contributed by atoms with E-state index >= 15 is 0 Å². The number of carbonyl (C=O) groups is 1. The number of aromatic nitrogens is 1. The van der Waals surface area contributed by atoms with Crippen LogP contribution in [0.5, 0.6) is 17.2 Å². The molecule has 3 aromatic rings. The molecule has 0 atom stereocenters. The summed E-state index contributed by atoms with van der Waals surface area (Å²) in [5.74, 6) is 2.26. The lowest BCUT2D eigenvalue weighted by atomic mass is 10.2. The predicted octanol–water partition coefficient (Wildman–Crippen LogP) is 4.48. The second-order valence-corrected chi connectivity index (χ2v) is 6.63. The Morgan fingerprint density at radius 2 is 1.59 bits per heavy atom. The van der Waals surface area contributed by atoms with E-state index in [0.29, 0.717) is 24.5 Å². The molecule has 0 fully saturated rings. The summed E-state index contributed by atoms with van der Waals surface area (Å²) in [6, 6.07) is 18.5. The highest BCUT2D eigenvalue weighted by atomic mass is 16.5. The van der Waals surface area contributed by atoms with E-state index in [2.05, 4.69) is 17.2 Å². The normalized spacial score (nSPS) is 10.4. The third-order valence-corrected chi connectivity index (χ3v) is 4.22. The van der Waals surface area contributed by atoms with E-state index < -0.39 is 0 Å². The minimum Gasteiger partial charge on any atom is -0.494 e. The number of hydrogen-bond donors (Lipinski definition) is 2. The van der Waals surface area contributed by atoms with Crippen LogP contribution in [0.1, 0.15) is 35.0 Å². The summed E-state index contributed by atoms with van der Waals surface area (Å²) in [6.45, 7) is 4.99. The molecule has 0 spiro atoms. The summed E-state index contributed by atoms with van der Waals surface area (Å²) in [4.78, 5) is 16.4. The molecule has 0 saturated heterocycles. The number of ether oxygens (including phenoxy) is 2. The molecule has 3 rings (SSSR count). The summed E-state index contributed by atoms with van der Waals surface area (Å²) in [6.07, 6.45) is 0.973. The van der Waals surface area contributed by atoms with Gasteiger partial charge in [-0.2, -0.15) is 0 Å². The van der Waals surface area contributed by atoms with Gasteiger partial charge in [-0.05, 0) is 67.4 Å². The highest BCUT2D eigenvalue weighted by Crippen LogP contribution is 2.24. The molecule has 29 heavy (non-hydrogen) atoms. The molecule has 1 heterocycles. The van der Waals surface area contributed by atoms with Crippen molar-refractivity contribution in [3.05, 3.63) is 77.5 Å². The minimum absolute atomic E-state index is 0.234. The summed E-state index contributed by atoms with van der Waals surface area (Å²) < 4.78 is 11.4. The van der Waals surface area contributed by atoms with Gasteiger partial charge in [0.15, 0.2) is 0 Å². The van der Waals surface area contributed by atoms with Gasteiger partial charge in [-0.3, -0.25) is 4.79 Å². The Morgan fingerprint density at radius 3 is 2.21 bits per heavy atom. The topological polar surface area (TPSA) is 86.5 Å². The summed E-state index contributed by atoms with van der Waals surface area (Å²) in [5.41, 5.74) is 7.93. The molecule has 1 aromatic heterocycles. The van der Waals surface area contributed by atoms with E-state index in [0.717, 1.165) is 29.2 Å². The number of nitrogens with one attached hydrogen (secondary N) is 1. The van der Waals surface area contributed by atoms with E-state index in [9.17, 15) is 4.79 Å². The summed E-state index contributed by atoms with van der Waals surface area (Å²) >= 11 is 0. The summed E-state index contributed by atoms with van der Waals surface area (Å²) in [7, 11) is 0. The highest BCUT2D eigenvalue weighted by Gasteiger charge is 2.10. The highest BCUT2D eigenvalue weighted by molar-refractivity contribution is 5.98. The molecule has 6 heteroatoms. The number of anilines is 1. The van der Waals surface area contributed by atoms with Gasteiger partial charge in [0.1, 0.15) is 23.1 Å². The number of nitrogens with zero attached hydrogens (tertiary/aromatic N) is 1. The Labute approximate surface area is 170 Å². The molecule has 0 aliphatic rings. The van der Waals surface area contributed by atoms with Crippen molar-refractivity contribution in [1.82, 2.24) is 10.3 Å². The number of aryl methyl sites for hydroxylation is 1. The van der Waals surface area contributed by atoms with Gasteiger partial charge in [-0.1, -0.05) is 19.1 Å². The molecule has 0 unspecified atom stereocenters. The average molecular weight is 391 g/mol. The molecule has 0 radical (unpaired) electrons. The quantitative estimate of drug-likeness (QED) is 0.591. The molecule has 0 aliphatic carbocycles. The van der Waals surface area contributed by atoms with Crippen LogP contribution in [0.2, 0.25) is 0 Å². The lowest BCUT2D eigenvalue weighted by Gasteiger charge is -2.10. The van der Waals surface area contributed by atoms with Gasteiger partial charge in [-0.25, -0.2) is 4.98 Å². The zero-order valence-electron chi connectivity index (χ0n) is 16.6. The molecule has 0 aliphatic heterocycles. The zero-order chi connectivity index (χ0) is 20.6. The number of rotatable bonds is 8. The zero-order valence-corrected chi connectivity index (χ0v) is 16.6. The van der Waals surface area contributed by atoms with Crippen LogP contribution in [0.3, 0.4) is 0 Å². The van der Waals surface area contributed by atoms with E-state index in [1.165, 1.54) is 0 Å². The molecule has 2 aromatic carbocycles. The van der Waals surface area contributed by atoms with Gasteiger partial charge in [0.2, 0.25) is 0 Å². The smallest absolute Gasteiger partial charge is 0.255 e. The van der Waals surface area contributed by atoms with Crippen molar-refractivity contribution in [3.8, 4) is 17.2 Å². The third kappa shape index (κ3) is 5.72. The van der Waals surface area contributed by atoms with Crippen molar-refractivity contribution in [2.24, 2.45) is 0 Å². The van der Waals surface area contributed by atoms with E-state index in [1.54, 1.807) is 12.1 Å². The van der Waals surface area contributed by atoms with Crippen molar-refractivity contribution < 1.29 is 14.3 Å². The Hall–Kier alpha value is -3.54. The third-order valence-electron chi connectivity index (χ3n) is 4.22. The first-order chi connectivity index (χ1) is 14.0. The molecule has 0 bridgehead atoms. The maximum Gasteiger partial charge on any atom is 0.255 e. The maximum absolute atomic E-state index is 12.3. The lowest BCUT2D eigenvalue weighted by Crippen LogP contribution is -2.24. The number of amides is 1. The number of pyridine rings is 1. The molecule has 0 saturated carbocycles. The second kappa shape index (κ2) is 9.59. The van der Waals surface area contributed by atoms with E-state index in [4.69, 9.17) is 15.2 Å². The van der Waals surface area contributed by atoms with Crippen LogP contribution in [0.15, 0.2) is 60.7 Å². The van der Waals surface area contributed by atoms with Crippen molar-refractivity contribution in [1.29, 1.82) is 0 Å². The number of benzene rings is 2. The van der Waals surface area contributed by atoms with Gasteiger partial charge in [-0.15, -0.1) is 0 Å². The van der Waals surface area contributed by atoms with Crippen LogP contribution in [-0.4, -0.2) is 17.5 Å². The SMILES string of the molecule is CCCOc1ccc(Oc2ccc(CNC(=O)c3ccc(C)nc3N)cc2)cc1. The Bertz CT molecular complexity index is 954. The van der Waals surface area contributed by atoms with Gasteiger partial charge in [0.05, 0.1) is 12.2 Å². The molecule has 150 valence electrons. The van der Waals surface area contributed by atoms with Crippen LogP contribution < -0.4 is 20.5 Å².